The highest BCUT2D eigenvalue weighted by Crippen LogP contribution is 2.20. The van der Waals surface area contributed by atoms with E-state index < -0.39 is 36.4 Å². The van der Waals surface area contributed by atoms with Crippen LogP contribution in [0.2, 0.25) is 0 Å². The maximum absolute atomic E-state index is 12.3. The van der Waals surface area contributed by atoms with Crippen molar-refractivity contribution in [2.24, 2.45) is 5.92 Å². The quantitative estimate of drug-likeness (QED) is 0.195. The van der Waals surface area contributed by atoms with Crippen LogP contribution in [0, 0.1) is 5.92 Å². The third-order valence-corrected chi connectivity index (χ3v) is 5.61. The highest BCUT2D eigenvalue weighted by atomic mass is 16.6. The molecule has 3 unspecified atom stereocenters. The molecular formula is C25H48N2O7. The van der Waals surface area contributed by atoms with Gasteiger partial charge in [-0.1, -0.05) is 13.8 Å². The van der Waals surface area contributed by atoms with Gasteiger partial charge in [-0.2, -0.15) is 0 Å². The first kappa shape index (κ1) is 30.8. The summed E-state index contributed by atoms with van der Waals surface area (Å²) in [5.41, 5.74) is 0. The van der Waals surface area contributed by atoms with E-state index in [4.69, 9.17) is 9.47 Å². The molecule has 34 heavy (non-hydrogen) atoms. The molecule has 5 atom stereocenters. The maximum atomic E-state index is 12.3. The standard InChI is InChI=1S/C25H48N2O7/c1-18(2)14-26(15-19(3)28)12-8-6-10-22-24(31)34-23(25(32)33-22)11-7-9-13-27(16-20(4)29)17-21(5)30/h18-23,28-30H,6-17H2,1-5H3/t19?,20-,21-,22?,23?/m1/s1. The van der Waals surface area contributed by atoms with E-state index in [1.807, 2.05) is 4.90 Å². The number of nitrogens with zero attached hydrogens (tertiary/aromatic N) is 2. The monoisotopic (exact) mass is 488 g/mol. The van der Waals surface area contributed by atoms with Crippen molar-refractivity contribution < 1.29 is 34.4 Å². The minimum atomic E-state index is -0.863. The zero-order valence-electron chi connectivity index (χ0n) is 21.8. The van der Waals surface area contributed by atoms with Gasteiger partial charge in [-0.15, -0.1) is 0 Å². The fraction of sp³-hybridized carbons (Fsp3) is 0.920. The molecule has 0 amide bonds. The van der Waals surface area contributed by atoms with Gasteiger partial charge in [0.05, 0.1) is 18.3 Å². The Balaban J connectivity index is 2.34. The molecule has 0 saturated carbocycles. The summed E-state index contributed by atoms with van der Waals surface area (Å²) >= 11 is 0. The smallest absolute Gasteiger partial charge is 0.348 e. The van der Waals surface area contributed by atoms with E-state index in [2.05, 4.69) is 18.7 Å². The minimum Gasteiger partial charge on any atom is -0.448 e. The summed E-state index contributed by atoms with van der Waals surface area (Å²) in [7, 11) is 0. The average molecular weight is 489 g/mol. The summed E-state index contributed by atoms with van der Waals surface area (Å²) in [6.45, 7) is 13.5. The van der Waals surface area contributed by atoms with Gasteiger partial charge in [0, 0.05) is 26.2 Å². The van der Waals surface area contributed by atoms with E-state index in [0.717, 1.165) is 32.4 Å². The fourth-order valence-electron chi connectivity index (χ4n) is 4.36. The van der Waals surface area contributed by atoms with Crippen LogP contribution >= 0.6 is 0 Å². The minimum absolute atomic E-state index is 0.385. The number of esters is 2. The van der Waals surface area contributed by atoms with Crippen molar-refractivity contribution in [3.8, 4) is 0 Å². The SMILES string of the molecule is CC(C)CN(CCCCC1OC(=O)C(CCCCN(C[C@@H](C)O)C[C@@H](C)O)OC1=O)CC(C)O. The van der Waals surface area contributed by atoms with Gasteiger partial charge in [-0.05, 0) is 78.3 Å². The highest BCUT2D eigenvalue weighted by molar-refractivity contribution is 5.87. The second kappa shape index (κ2) is 16.4. The number of unbranched alkanes of at least 4 members (excludes halogenated alkanes) is 2. The molecule has 0 aromatic rings. The molecule has 0 radical (unpaired) electrons. The zero-order chi connectivity index (χ0) is 25.7. The van der Waals surface area contributed by atoms with E-state index in [-0.39, 0.29) is 6.10 Å². The van der Waals surface area contributed by atoms with Crippen molar-refractivity contribution in [2.45, 2.75) is 104 Å². The van der Waals surface area contributed by atoms with Crippen molar-refractivity contribution in [2.75, 3.05) is 39.3 Å². The molecule has 9 heteroatoms. The lowest BCUT2D eigenvalue weighted by atomic mass is 10.1. The summed E-state index contributed by atoms with van der Waals surface area (Å²) in [5, 5.41) is 28.9. The van der Waals surface area contributed by atoms with Crippen LogP contribution in [0.25, 0.3) is 0 Å². The predicted octanol–water partition coefficient (Wildman–Crippen LogP) is 1.57. The van der Waals surface area contributed by atoms with Gasteiger partial charge in [0.25, 0.3) is 0 Å². The van der Waals surface area contributed by atoms with Gasteiger partial charge in [-0.3, -0.25) is 4.90 Å². The topological polar surface area (TPSA) is 120 Å². The number of carbonyl (C=O) groups excluding carboxylic acids is 2. The largest absolute Gasteiger partial charge is 0.448 e. The second-order valence-corrected chi connectivity index (χ2v) is 10.3. The Morgan fingerprint density at radius 1 is 0.647 bits per heavy atom. The van der Waals surface area contributed by atoms with Crippen molar-refractivity contribution in [1.29, 1.82) is 0 Å². The molecule has 200 valence electrons. The summed E-state index contributed by atoms with van der Waals surface area (Å²) in [6, 6.07) is 0. The Morgan fingerprint density at radius 2 is 1.00 bits per heavy atom. The maximum Gasteiger partial charge on any atom is 0.348 e. The number of carbonyl (C=O) groups is 2. The average Bonchev–Trinajstić information content (AvgIpc) is 2.69. The molecular weight excluding hydrogens is 440 g/mol. The van der Waals surface area contributed by atoms with E-state index in [0.29, 0.717) is 51.4 Å². The number of hydrogen-bond donors (Lipinski definition) is 3. The highest BCUT2D eigenvalue weighted by Gasteiger charge is 2.37. The molecule has 1 saturated heterocycles. The molecule has 1 aliphatic heterocycles. The number of ether oxygens (including phenoxy) is 2. The van der Waals surface area contributed by atoms with Crippen LogP contribution in [0.3, 0.4) is 0 Å². The van der Waals surface area contributed by atoms with E-state index in [1.54, 1.807) is 20.8 Å². The van der Waals surface area contributed by atoms with Gasteiger partial charge < -0.3 is 29.7 Å². The normalized spacial score (nSPS) is 21.6. The lowest BCUT2D eigenvalue weighted by Crippen LogP contribution is -2.44. The van der Waals surface area contributed by atoms with Crippen LogP contribution in [-0.4, -0.2) is 107 Å². The Bertz CT molecular complexity index is 514. The van der Waals surface area contributed by atoms with Crippen LogP contribution < -0.4 is 0 Å². The Labute approximate surface area is 205 Å². The third kappa shape index (κ3) is 13.6. The second-order valence-electron chi connectivity index (χ2n) is 10.3. The molecule has 1 fully saturated rings. The Morgan fingerprint density at radius 3 is 1.32 bits per heavy atom. The van der Waals surface area contributed by atoms with Gasteiger partial charge in [0.2, 0.25) is 0 Å². The van der Waals surface area contributed by atoms with Crippen LogP contribution in [0.4, 0.5) is 0 Å². The number of rotatable bonds is 18. The molecule has 1 heterocycles. The van der Waals surface area contributed by atoms with E-state index in [1.165, 1.54) is 0 Å². The molecule has 0 aromatic heterocycles. The van der Waals surface area contributed by atoms with Crippen molar-refractivity contribution in [3.63, 3.8) is 0 Å². The first-order chi connectivity index (χ1) is 16.0. The third-order valence-electron chi connectivity index (χ3n) is 5.61. The van der Waals surface area contributed by atoms with E-state index in [9.17, 15) is 24.9 Å². The first-order valence-corrected chi connectivity index (χ1v) is 12.9. The van der Waals surface area contributed by atoms with Gasteiger partial charge in [0.15, 0.2) is 12.2 Å². The lowest BCUT2D eigenvalue weighted by Gasteiger charge is -2.29. The summed E-state index contributed by atoms with van der Waals surface area (Å²) < 4.78 is 10.8. The lowest BCUT2D eigenvalue weighted by molar-refractivity contribution is -0.196. The summed E-state index contributed by atoms with van der Waals surface area (Å²) in [6.07, 6.45) is 0.783. The van der Waals surface area contributed by atoms with Crippen molar-refractivity contribution in [1.82, 2.24) is 9.80 Å². The fourth-order valence-corrected chi connectivity index (χ4v) is 4.36. The van der Waals surface area contributed by atoms with Crippen molar-refractivity contribution >= 4 is 11.9 Å². The first-order valence-electron chi connectivity index (χ1n) is 12.9. The molecule has 9 nitrogen and oxygen atoms in total. The molecule has 0 aliphatic carbocycles. The van der Waals surface area contributed by atoms with Crippen molar-refractivity contribution in [3.05, 3.63) is 0 Å². The predicted molar refractivity (Wildman–Crippen MR) is 130 cm³/mol. The Kier molecular flexibility index (Phi) is 14.9. The molecule has 3 N–H and O–H groups in total. The van der Waals surface area contributed by atoms with Gasteiger partial charge >= 0.3 is 11.9 Å². The van der Waals surface area contributed by atoms with E-state index >= 15 is 0 Å². The summed E-state index contributed by atoms with van der Waals surface area (Å²) in [5.74, 6) is -0.452. The zero-order valence-corrected chi connectivity index (χ0v) is 21.8. The van der Waals surface area contributed by atoms with Crippen LogP contribution in [0.1, 0.15) is 73.1 Å². The number of cyclic esters (lactones) is 2. The molecule has 0 spiro atoms. The number of aliphatic hydroxyl groups is 3. The van der Waals surface area contributed by atoms with Crippen LogP contribution in [-0.2, 0) is 19.1 Å². The van der Waals surface area contributed by atoms with Gasteiger partial charge in [-0.25, -0.2) is 9.59 Å². The molecule has 0 bridgehead atoms. The van der Waals surface area contributed by atoms with Gasteiger partial charge in [0.1, 0.15) is 0 Å². The molecule has 0 aromatic carbocycles. The molecule has 1 rings (SSSR count). The summed E-state index contributed by atoms with van der Waals surface area (Å²) in [4.78, 5) is 28.9. The van der Waals surface area contributed by atoms with Crippen LogP contribution in [0.5, 0.6) is 0 Å². The number of hydrogen-bond acceptors (Lipinski definition) is 9. The number of aliphatic hydroxyl groups excluding tert-OH is 3. The molecule has 1 aliphatic rings. The Hall–Kier alpha value is -1.26. The van der Waals surface area contributed by atoms with Crippen LogP contribution in [0.15, 0.2) is 0 Å².